The maximum absolute atomic E-state index is 13.1. The molecule has 2 heterocycles. The van der Waals surface area contributed by atoms with Crippen LogP contribution in [0.5, 0.6) is 0 Å². The molecule has 0 spiro atoms. The van der Waals surface area contributed by atoms with Gasteiger partial charge in [0.1, 0.15) is 4.88 Å². The monoisotopic (exact) mass is 463 g/mol. The number of nitrogens with one attached hydrogen (secondary N) is 2. The largest absolute Gasteiger partial charge is 0.368 e. The van der Waals surface area contributed by atoms with E-state index in [2.05, 4.69) is 20.5 Å². The quantitative estimate of drug-likeness (QED) is 0.552. The number of benzene rings is 2. The van der Waals surface area contributed by atoms with Gasteiger partial charge in [-0.05, 0) is 50.2 Å². The smallest absolute Gasteiger partial charge is 0.325 e. The van der Waals surface area contributed by atoms with Crippen molar-refractivity contribution in [1.29, 1.82) is 0 Å². The SMILES string of the molecule is CC(=O)c1ccc(N2CCN(C(=O)c3sc(NC(=O)Nc4ccccc4)nc3C)CC2)cc1. The second-order valence-electron chi connectivity index (χ2n) is 7.76. The van der Waals surface area contributed by atoms with Gasteiger partial charge in [0.25, 0.3) is 5.91 Å². The topological polar surface area (TPSA) is 94.6 Å². The van der Waals surface area contributed by atoms with Gasteiger partial charge in [-0.25, -0.2) is 9.78 Å². The van der Waals surface area contributed by atoms with Crippen LogP contribution in [0.15, 0.2) is 54.6 Å². The van der Waals surface area contributed by atoms with E-state index in [-0.39, 0.29) is 11.7 Å². The van der Waals surface area contributed by atoms with Gasteiger partial charge in [-0.3, -0.25) is 14.9 Å². The number of nitrogens with zero attached hydrogens (tertiary/aromatic N) is 3. The molecule has 3 amide bonds. The number of rotatable bonds is 5. The van der Waals surface area contributed by atoms with Gasteiger partial charge in [0.05, 0.1) is 5.69 Å². The van der Waals surface area contributed by atoms with Crippen molar-refractivity contribution >= 4 is 45.6 Å². The standard InChI is InChI=1S/C24H25N5O3S/c1-16-21(33-24(25-16)27-23(32)26-19-6-4-3-5-7-19)22(31)29-14-12-28(13-15-29)20-10-8-18(9-11-20)17(2)30/h3-11H,12-15H2,1-2H3,(H2,25,26,27,32). The number of hydrogen-bond donors (Lipinski definition) is 2. The van der Waals surface area contributed by atoms with Gasteiger partial charge in [0, 0.05) is 43.1 Å². The van der Waals surface area contributed by atoms with Gasteiger partial charge < -0.3 is 15.1 Å². The van der Waals surface area contributed by atoms with E-state index in [1.54, 1.807) is 26.0 Å². The fraction of sp³-hybridized carbons (Fsp3) is 0.250. The zero-order valence-electron chi connectivity index (χ0n) is 18.5. The van der Waals surface area contributed by atoms with Crippen molar-refractivity contribution in [3.63, 3.8) is 0 Å². The molecule has 1 aliphatic rings. The Morgan fingerprint density at radius 1 is 0.909 bits per heavy atom. The van der Waals surface area contributed by atoms with Gasteiger partial charge in [-0.1, -0.05) is 29.5 Å². The molecule has 0 atom stereocenters. The van der Waals surface area contributed by atoms with Crippen molar-refractivity contribution in [2.24, 2.45) is 0 Å². The molecule has 0 bridgehead atoms. The third-order valence-electron chi connectivity index (χ3n) is 5.45. The molecule has 1 fully saturated rings. The Balaban J connectivity index is 1.34. The van der Waals surface area contributed by atoms with E-state index in [0.717, 1.165) is 5.69 Å². The van der Waals surface area contributed by atoms with Crippen molar-refractivity contribution in [1.82, 2.24) is 9.88 Å². The maximum Gasteiger partial charge on any atom is 0.325 e. The highest BCUT2D eigenvalue weighted by Gasteiger charge is 2.26. The average Bonchev–Trinajstić information content (AvgIpc) is 3.19. The number of carbonyl (C=O) groups is 3. The first-order chi connectivity index (χ1) is 15.9. The number of thiazole rings is 1. The van der Waals surface area contributed by atoms with E-state index < -0.39 is 6.03 Å². The van der Waals surface area contributed by atoms with Crippen molar-refractivity contribution in [2.75, 3.05) is 41.7 Å². The minimum Gasteiger partial charge on any atom is -0.368 e. The van der Waals surface area contributed by atoms with Crippen LogP contribution in [0.25, 0.3) is 0 Å². The molecule has 9 heteroatoms. The lowest BCUT2D eigenvalue weighted by atomic mass is 10.1. The molecule has 1 aromatic heterocycles. The average molecular weight is 464 g/mol. The molecular weight excluding hydrogens is 438 g/mol. The molecule has 2 N–H and O–H groups in total. The highest BCUT2D eigenvalue weighted by Crippen LogP contribution is 2.25. The summed E-state index contributed by atoms with van der Waals surface area (Å²) in [6.07, 6.45) is 0. The number of Topliss-reactive ketones (excluding diaryl/α,β-unsaturated/α-hetero) is 1. The number of para-hydroxylation sites is 1. The second-order valence-corrected chi connectivity index (χ2v) is 8.76. The number of amides is 3. The summed E-state index contributed by atoms with van der Waals surface area (Å²) in [6, 6.07) is 16.3. The molecule has 8 nitrogen and oxygen atoms in total. The van der Waals surface area contributed by atoms with E-state index >= 15 is 0 Å². The molecule has 2 aromatic carbocycles. The molecule has 33 heavy (non-hydrogen) atoms. The highest BCUT2D eigenvalue weighted by molar-refractivity contribution is 7.17. The third-order valence-corrected chi connectivity index (χ3v) is 6.51. The van der Waals surface area contributed by atoms with Gasteiger partial charge in [0.15, 0.2) is 10.9 Å². The Hall–Kier alpha value is -3.72. The minimum atomic E-state index is -0.404. The summed E-state index contributed by atoms with van der Waals surface area (Å²) in [6.45, 7) is 5.90. The van der Waals surface area contributed by atoms with Gasteiger partial charge in [0.2, 0.25) is 0 Å². The summed E-state index contributed by atoms with van der Waals surface area (Å²) >= 11 is 1.18. The Kier molecular flexibility index (Phi) is 6.69. The van der Waals surface area contributed by atoms with E-state index in [1.807, 2.05) is 47.4 Å². The van der Waals surface area contributed by atoms with E-state index in [0.29, 0.717) is 53.1 Å². The van der Waals surface area contributed by atoms with E-state index in [9.17, 15) is 14.4 Å². The van der Waals surface area contributed by atoms with Crippen molar-refractivity contribution in [3.05, 3.63) is 70.7 Å². The molecule has 4 rings (SSSR count). The number of aryl methyl sites for hydroxylation is 1. The van der Waals surface area contributed by atoms with Crippen LogP contribution in [0, 0.1) is 6.92 Å². The number of anilines is 3. The van der Waals surface area contributed by atoms with Crippen LogP contribution in [-0.4, -0.2) is 53.8 Å². The van der Waals surface area contributed by atoms with Crippen molar-refractivity contribution in [2.45, 2.75) is 13.8 Å². The van der Waals surface area contributed by atoms with Crippen LogP contribution in [0.3, 0.4) is 0 Å². The van der Waals surface area contributed by atoms with Gasteiger partial charge in [-0.15, -0.1) is 0 Å². The van der Waals surface area contributed by atoms with Gasteiger partial charge in [-0.2, -0.15) is 0 Å². The lowest BCUT2D eigenvalue weighted by molar-refractivity contribution is 0.0750. The van der Waals surface area contributed by atoms with Crippen LogP contribution in [0.2, 0.25) is 0 Å². The molecule has 170 valence electrons. The Bertz CT molecular complexity index is 1150. The molecule has 1 saturated heterocycles. The first-order valence-corrected chi connectivity index (χ1v) is 11.5. The maximum atomic E-state index is 13.1. The number of aromatic nitrogens is 1. The Morgan fingerprint density at radius 2 is 1.58 bits per heavy atom. The Morgan fingerprint density at radius 3 is 2.21 bits per heavy atom. The predicted octanol–water partition coefficient (Wildman–Crippen LogP) is 4.26. The fourth-order valence-corrected chi connectivity index (χ4v) is 4.58. The number of ketones is 1. The third kappa shape index (κ3) is 5.38. The van der Waals surface area contributed by atoms with Crippen LogP contribution in [0.4, 0.5) is 21.3 Å². The van der Waals surface area contributed by atoms with E-state index in [4.69, 9.17) is 0 Å². The molecule has 0 saturated carbocycles. The molecule has 0 aliphatic carbocycles. The highest BCUT2D eigenvalue weighted by atomic mass is 32.1. The zero-order chi connectivity index (χ0) is 23.4. The first kappa shape index (κ1) is 22.5. The number of hydrogen-bond acceptors (Lipinski definition) is 6. The normalized spacial score (nSPS) is 13.5. The summed E-state index contributed by atoms with van der Waals surface area (Å²) < 4.78 is 0. The first-order valence-electron chi connectivity index (χ1n) is 10.7. The lowest BCUT2D eigenvalue weighted by Crippen LogP contribution is -2.48. The number of piperazine rings is 1. The number of carbonyl (C=O) groups excluding carboxylic acids is 3. The fourth-order valence-electron chi connectivity index (χ4n) is 3.65. The molecule has 1 aliphatic heterocycles. The molecular formula is C24H25N5O3S. The summed E-state index contributed by atoms with van der Waals surface area (Å²) in [5, 5.41) is 5.83. The summed E-state index contributed by atoms with van der Waals surface area (Å²) in [5.74, 6) is -0.0311. The van der Waals surface area contributed by atoms with Crippen LogP contribution in [0.1, 0.15) is 32.6 Å². The van der Waals surface area contributed by atoms with Crippen LogP contribution in [-0.2, 0) is 0 Å². The van der Waals surface area contributed by atoms with Crippen molar-refractivity contribution < 1.29 is 14.4 Å². The summed E-state index contributed by atoms with van der Waals surface area (Å²) in [4.78, 5) is 45.7. The summed E-state index contributed by atoms with van der Waals surface area (Å²) in [5.41, 5.74) is 3.00. The Labute approximate surface area is 196 Å². The predicted molar refractivity (Wildman–Crippen MR) is 130 cm³/mol. The van der Waals surface area contributed by atoms with Crippen LogP contribution >= 0.6 is 11.3 Å². The van der Waals surface area contributed by atoms with Crippen molar-refractivity contribution in [3.8, 4) is 0 Å². The molecule has 0 unspecified atom stereocenters. The van der Waals surface area contributed by atoms with E-state index in [1.165, 1.54) is 11.3 Å². The van der Waals surface area contributed by atoms with Crippen LogP contribution < -0.4 is 15.5 Å². The van der Waals surface area contributed by atoms with Gasteiger partial charge >= 0.3 is 6.03 Å². The summed E-state index contributed by atoms with van der Waals surface area (Å²) in [7, 11) is 0. The zero-order valence-corrected chi connectivity index (χ0v) is 19.3. The lowest BCUT2D eigenvalue weighted by Gasteiger charge is -2.36. The number of urea groups is 1. The molecule has 0 radical (unpaired) electrons. The minimum absolute atomic E-state index is 0.0447. The second kappa shape index (κ2) is 9.83. The molecule has 3 aromatic rings.